The van der Waals surface area contributed by atoms with Crippen molar-refractivity contribution in [1.29, 1.82) is 0 Å². The van der Waals surface area contributed by atoms with Gasteiger partial charge in [0, 0.05) is 49.1 Å². The van der Waals surface area contributed by atoms with Crippen molar-refractivity contribution >= 4 is 23.2 Å². The number of hydrogen-bond acceptors (Lipinski definition) is 7. The first-order chi connectivity index (χ1) is 15.8. The number of piperazine rings is 1. The van der Waals surface area contributed by atoms with Gasteiger partial charge in [0.05, 0.1) is 23.9 Å². The second-order valence-electron chi connectivity index (χ2n) is 7.60. The monoisotopic (exact) mass is 489 g/mol. The summed E-state index contributed by atoms with van der Waals surface area (Å²) < 4.78 is 87.1. The van der Waals surface area contributed by atoms with Gasteiger partial charge >= 0.3 is 18.3 Å². The van der Waals surface area contributed by atoms with Gasteiger partial charge < -0.3 is 20.7 Å². The molecule has 1 atom stereocenters. The van der Waals surface area contributed by atoms with E-state index in [4.69, 9.17) is 5.73 Å². The second-order valence-corrected chi connectivity index (χ2v) is 7.60. The van der Waals surface area contributed by atoms with Crippen molar-refractivity contribution in [3.8, 4) is 11.3 Å². The molecule has 0 amide bonds. The zero-order valence-corrected chi connectivity index (χ0v) is 18.1. The van der Waals surface area contributed by atoms with Crippen LogP contribution in [0, 0.1) is 0 Å². The molecule has 0 saturated carbocycles. The molecule has 2 aromatic rings. The number of alkyl halides is 6. The summed E-state index contributed by atoms with van der Waals surface area (Å²) in [7, 11) is 0.884. The lowest BCUT2D eigenvalue weighted by molar-refractivity contribution is -0.137. The molecule has 1 saturated heterocycles. The number of nitrogens with zero attached hydrogens (tertiary/aromatic N) is 3. The average Bonchev–Trinajstić information content (AvgIpc) is 2.75. The Hall–Kier alpha value is -3.35. The number of pyridine rings is 2. The quantitative estimate of drug-likeness (QED) is 0.385. The van der Waals surface area contributed by atoms with E-state index in [0.717, 1.165) is 25.4 Å². The predicted octanol–water partition coefficient (Wildman–Crippen LogP) is 3.66. The molecule has 1 aliphatic heterocycles. The molecule has 3 N–H and O–H groups in total. The fourth-order valence-electron chi connectivity index (χ4n) is 3.57. The normalized spacial score (nSPS) is 17.6. The number of carbonyl (C=O) groups is 1. The maximum absolute atomic E-state index is 13.9. The highest BCUT2D eigenvalue weighted by atomic mass is 19.4. The zero-order valence-electron chi connectivity index (χ0n) is 18.1. The van der Waals surface area contributed by atoms with Gasteiger partial charge in [-0.25, -0.2) is 14.8 Å². The lowest BCUT2D eigenvalue weighted by atomic mass is 9.96. The number of esters is 1. The molecule has 0 aliphatic carbocycles. The summed E-state index contributed by atoms with van der Waals surface area (Å²) in [6.45, 7) is 3.02. The number of methoxy groups -OCH3 is 1. The van der Waals surface area contributed by atoms with Crippen molar-refractivity contribution in [3.63, 3.8) is 0 Å². The van der Waals surface area contributed by atoms with Crippen LogP contribution < -0.4 is 16.0 Å². The van der Waals surface area contributed by atoms with E-state index in [1.54, 1.807) is 4.90 Å². The topological polar surface area (TPSA) is 93.4 Å². The van der Waals surface area contributed by atoms with Gasteiger partial charge in [-0.3, -0.25) is 0 Å². The first-order valence-corrected chi connectivity index (χ1v) is 10.0. The number of hydrogen-bond donors (Lipinski definition) is 2. The van der Waals surface area contributed by atoms with Crippen molar-refractivity contribution in [2.24, 2.45) is 0 Å². The molecule has 0 spiro atoms. The summed E-state index contributed by atoms with van der Waals surface area (Å²) in [5.41, 5.74) is 1.58. The third kappa shape index (κ3) is 5.58. The number of halogens is 6. The Balaban J connectivity index is 2.28. The Labute approximate surface area is 190 Å². The molecule has 1 fully saturated rings. The number of aromatic nitrogens is 2. The van der Waals surface area contributed by atoms with Crippen molar-refractivity contribution in [3.05, 3.63) is 41.6 Å². The fourth-order valence-corrected chi connectivity index (χ4v) is 3.57. The van der Waals surface area contributed by atoms with Crippen LogP contribution in [0.25, 0.3) is 16.8 Å². The third-order valence-corrected chi connectivity index (χ3v) is 5.13. The van der Waals surface area contributed by atoms with Crippen molar-refractivity contribution < 1.29 is 35.9 Å². The van der Waals surface area contributed by atoms with Crippen LogP contribution in [0.5, 0.6) is 0 Å². The minimum absolute atomic E-state index is 0.0412. The maximum atomic E-state index is 13.9. The number of ether oxygens (including phenoxy) is 1. The number of nitrogens with two attached hydrogens (primary N) is 1. The Morgan fingerprint density at radius 2 is 1.97 bits per heavy atom. The predicted molar refractivity (Wildman–Crippen MR) is 113 cm³/mol. The van der Waals surface area contributed by atoms with Crippen LogP contribution in [-0.2, 0) is 15.7 Å². The van der Waals surface area contributed by atoms with Crippen LogP contribution >= 0.6 is 0 Å². The summed E-state index contributed by atoms with van der Waals surface area (Å²) in [5.74, 6) is -2.01. The van der Waals surface area contributed by atoms with Crippen LogP contribution in [0.15, 0.2) is 30.5 Å². The SMILES string of the molecule is COC(=O)C=C(c1c(-c2cc(C(F)(F)F)cc(N3CCN[C@@H](C)C3)n2)ccnc1N)C(F)(F)F. The average molecular weight is 489 g/mol. The number of nitrogen functional groups attached to an aromatic ring is 1. The Bertz CT molecular complexity index is 1100. The molecular weight excluding hydrogens is 468 g/mol. The molecule has 2 aromatic heterocycles. The van der Waals surface area contributed by atoms with Crippen LogP contribution in [0.4, 0.5) is 38.0 Å². The highest BCUT2D eigenvalue weighted by molar-refractivity contribution is 5.97. The van der Waals surface area contributed by atoms with Gasteiger partial charge in [0.25, 0.3) is 0 Å². The first-order valence-electron chi connectivity index (χ1n) is 10.0. The number of allylic oxidation sites excluding steroid dienone is 1. The second kappa shape index (κ2) is 9.49. The molecular formula is C21H21F6N5O2. The number of anilines is 2. The number of carbonyl (C=O) groups excluding carboxylic acids is 1. The maximum Gasteiger partial charge on any atom is 0.417 e. The van der Waals surface area contributed by atoms with Crippen LogP contribution in [0.1, 0.15) is 18.1 Å². The molecule has 3 rings (SSSR count). The Kier molecular flexibility index (Phi) is 7.05. The van der Waals surface area contributed by atoms with Gasteiger partial charge in [-0.15, -0.1) is 0 Å². The molecule has 34 heavy (non-hydrogen) atoms. The van der Waals surface area contributed by atoms with E-state index < -0.39 is 46.5 Å². The molecule has 0 radical (unpaired) electrons. The molecule has 1 aliphatic rings. The van der Waals surface area contributed by atoms with E-state index in [0.29, 0.717) is 25.7 Å². The van der Waals surface area contributed by atoms with Gasteiger partial charge in [0.15, 0.2) is 0 Å². The van der Waals surface area contributed by atoms with Gasteiger partial charge in [0.1, 0.15) is 11.6 Å². The van der Waals surface area contributed by atoms with Gasteiger partial charge in [-0.05, 0) is 25.1 Å². The zero-order chi connectivity index (χ0) is 25.3. The van der Waals surface area contributed by atoms with E-state index in [2.05, 4.69) is 20.0 Å². The van der Waals surface area contributed by atoms with Gasteiger partial charge in [-0.1, -0.05) is 0 Å². The van der Waals surface area contributed by atoms with Gasteiger partial charge in [0.2, 0.25) is 0 Å². The first kappa shape index (κ1) is 25.3. The van der Waals surface area contributed by atoms with Crippen LogP contribution in [0.2, 0.25) is 0 Å². The molecule has 13 heteroatoms. The van der Waals surface area contributed by atoms with Crippen molar-refractivity contribution in [2.45, 2.75) is 25.3 Å². The standard InChI is InChI=1S/C21H21F6N5O2/c1-11-10-32(6-5-29-11)16-8-12(20(22,23)24)7-15(31-16)13-3-4-30-19(28)18(13)14(21(25,26)27)9-17(33)34-2/h3-4,7-9,11,29H,5-6,10H2,1-2H3,(H2,28,30)/t11-/m0/s1. The molecule has 184 valence electrons. The van der Waals surface area contributed by atoms with Crippen molar-refractivity contribution in [2.75, 3.05) is 37.4 Å². The van der Waals surface area contributed by atoms with Crippen molar-refractivity contribution in [1.82, 2.24) is 15.3 Å². The lowest BCUT2D eigenvalue weighted by Crippen LogP contribution is -2.49. The van der Waals surface area contributed by atoms with E-state index >= 15 is 0 Å². The highest BCUT2D eigenvalue weighted by Gasteiger charge is 2.39. The summed E-state index contributed by atoms with van der Waals surface area (Å²) in [5, 5.41) is 3.15. The molecule has 0 unspecified atom stereocenters. The smallest absolute Gasteiger partial charge is 0.417 e. The number of nitrogens with one attached hydrogen (secondary N) is 1. The summed E-state index contributed by atoms with van der Waals surface area (Å²) in [6, 6.07) is 2.51. The molecule has 7 nitrogen and oxygen atoms in total. The fraction of sp³-hybridized carbons (Fsp3) is 0.381. The third-order valence-electron chi connectivity index (χ3n) is 5.13. The van der Waals surface area contributed by atoms with E-state index in [9.17, 15) is 31.1 Å². The molecule has 0 aromatic carbocycles. The Morgan fingerprint density at radius 1 is 1.26 bits per heavy atom. The van der Waals surface area contributed by atoms with E-state index in [1.807, 2.05) is 6.92 Å². The van der Waals surface area contributed by atoms with E-state index in [1.165, 1.54) is 0 Å². The summed E-state index contributed by atoms with van der Waals surface area (Å²) in [6.07, 6.45) is -8.67. The van der Waals surface area contributed by atoms with Crippen LogP contribution in [-0.4, -0.2) is 54.9 Å². The van der Waals surface area contributed by atoms with E-state index in [-0.39, 0.29) is 23.5 Å². The molecule has 3 heterocycles. The minimum Gasteiger partial charge on any atom is -0.466 e. The summed E-state index contributed by atoms with van der Waals surface area (Å²) >= 11 is 0. The largest absolute Gasteiger partial charge is 0.466 e. The van der Waals surface area contributed by atoms with Crippen LogP contribution in [0.3, 0.4) is 0 Å². The summed E-state index contributed by atoms with van der Waals surface area (Å²) in [4.78, 5) is 21.1. The molecule has 0 bridgehead atoms. The minimum atomic E-state index is -5.10. The lowest BCUT2D eigenvalue weighted by Gasteiger charge is -2.33. The van der Waals surface area contributed by atoms with Gasteiger partial charge in [-0.2, -0.15) is 26.3 Å². The number of rotatable bonds is 4. The highest BCUT2D eigenvalue weighted by Crippen LogP contribution is 2.42. The Morgan fingerprint density at radius 3 is 2.56 bits per heavy atom.